The first kappa shape index (κ1) is 10.1. The second-order valence-electron chi connectivity index (χ2n) is 2.96. The molecule has 0 aliphatic carbocycles. The normalized spacial score (nSPS) is 12.7. The van der Waals surface area contributed by atoms with E-state index in [4.69, 9.17) is 4.55 Å². The molecule has 5 heteroatoms. The van der Waals surface area contributed by atoms with E-state index in [1.807, 2.05) is 6.07 Å². The molecule has 0 bridgehead atoms. The highest BCUT2D eigenvalue weighted by atomic mass is 32.2. The second kappa shape index (κ2) is 3.96. The summed E-state index contributed by atoms with van der Waals surface area (Å²) in [5.74, 6) is -0.679. The van der Waals surface area contributed by atoms with Gasteiger partial charge in [-0.15, -0.1) is 0 Å². The lowest BCUT2D eigenvalue weighted by Crippen LogP contribution is -1.89. The van der Waals surface area contributed by atoms with Gasteiger partial charge in [0.25, 0.3) is 0 Å². The zero-order valence-corrected chi connectivity index (χ0v) is 8.42. The van der Waals surface area contributed by atoms with Crippen LogP contribution in [-0.2, 0) is 11.1 Å². The Morgan fingerprint density at radius 2 is 1.93 bits per heavy atom. The molecule has 0 amide bonds. The molecule has 0 aliphatic heterocycles. The molecule has 2 rings (SSSR count). The van der Waals surface area contributed by atoms with Crippen LogP contribution in [0.5, 0.6) is 0 Å². The predicted molar refractivity (Wildman–Crippen MR) is 55.2 cm³/mol. The molecule has 1 heterocycles. The van der Waals surface area contributed by atoms with Crippen LogP contribution in [0, 0.1) is 5.82 Å². The highest BCUT2D eigenvalue weighted by molar-refractivity contribution is 7.79. The second-order valence-corrected chi connectivity index (χ2v) is 3.90. The Balaban J connectivity index is 2.52. The van der Waals surface area contributed by atoms with Gasteiger partial charge in [-0.05, 0) is 0 Å². The Bertz CT molecular complexity index is 495. The lowest BCUT2D eigenvalue weighted by molar-refractivity contribution is 0.548. The van der Waals surface area contributed by atoms with E-state index in [2.05, 4.69) is 4.98 Å². The SMILES string of the molecule is O=S(O)c1c[nH]c(-c2ccccc2)c1F. The minimum Gasteiger partial charge on any atom is -0.357 e. The van der Waals surface area contributed by atoms with Crippen molar-refractivity contribution in [3.05, 3.63) is 42.3 Å². The van der Waals surface area contributed by atoms with Crippen LogP contribution in [0.2, 0.25) is 0 Å². The van der Waals surface area contributed by atoms with Gasteiger partial charge < -0.3 is 9.54 Å². The maximum absolute atomic E-state index is 13.6. The number of rotatable bonds is 2. The van der Waals surface area contributed by atoms with E-state index in [1.54, 1.807) is 24.3 Å². The van der Waals surface area contributed by atoms with E-state index < -0.39 is 16.9 Å². The molecular weight excluding hydrogens is 217 g/mol. The number of hydrogen-bond acceptors (Lipinski definition) is 1. The zero-order chi connectivity index (χ0) is 10.8. The van der Waals surface area contributed by atoms with Crippen LogP contribution >= 0.6 is 0 Å². The van der Waals surface area contributed by atoms with Crippen LogP contribution in [0.3, 0.4) is 0 Å². The van der Waals surface area contributed by atoms with Crippen molar-refractivity contribution in [1.82, 2.24) is 4.98 Å². The Morgan fingerprint density at radius 3 is 2.47 bits per heavy atom. The average molecular weight is 225 g/mol. The van der Waals surface area contributed by atoms with E-state index in [1.165, 1.54) is 6.20 Å². The van der Waals surface area contributed by atoms with Gasteiger partial charge in [-0.1, -0.05) is 30.3 Å². The van der Waals surface area contributed by atoms with Crippen molar-refractivity contribution in [3.8, 4) is 11.3 Å². The molecule has 15 heavy (non-hydrogen) atoms. The average Bonchev–Trinajstić information content (AvgIpc) is 2.61. The molecule has 1 atom stereocenters. The quantitative estimate of drug-likeness (QED) is 0.771. The number of benzene rings is 1. The summed E-state index contributed by atoms with van der Waals surface area (Å²) in [6, 6.07) is 8.80. The molecule has 0 spiro atoms. The summed E-state index contributed by atoms with van der Waals surface area (Å²) in [5, 5.41) is 0. The molecule has 0 aliphatic rings. The summed E-state index contributed by atoms with van der Waals surface area (Å²) < 4.78 is 33.1. The van der Waals surface area contributed by atoms with E-state index >= 15 is 0 Å². The van der Waals surface area contributed by atoms with Crippen LogP contribution in [0.15, 0.2) is 41.4 Å². The van der Waals surface area contributed by atoms with Crippen molar-refractivity contribution in [2.75, 3.05) is 0 Å². The monoisotopic (exact) mass is 225 g/mol. The molecule has 2 N–H and O–H groups in total. The molecule has 0 fully saturated rings. The van der Waals surface area contributed by atoms with Gasteiger partial charge in [0.15, 0.2) is 16.9 Å². The molecule has 0 saturated heterocycles. The van der Waals surface area contributed by atoms with Gasteiger partial charge in [-0.2, -0.15) is 0 Å². The summed E-state index contributed by atoms with van der Waals surface area (Å²) in [6.45, 7) is 0. The van der Waals surface area contributed by atoms with Gasteiger partial charge in [-0.3, -0.25) is 0 Å². The minimum atomic E-state index is -2.30. The van der Waals surface area contributed by atoms with Crippen molar-refractivity contribution in [2.45, 2.75) is 4.90 Å². The standard InChI is InChI=1S/C10H8FNO2S/c11-9-8(15(13)14)6-12-10(9)7-4-2-1-3-5-7/h1-6,12H,(H,13,14). The Labute approximate surface area is 88.2 Å². The smallest absolute Gasteiger partial charge is 0.191 e. The fourth-order valence-electron chi connectivity index (χ4n) is 1.33. The summed E-state index contributed by atoms with van der Waals surface area (Å²) in [7, 11) is 0. The predicted octanol–water partition coefficient (Wildman–Crippen LogP) is 2.40. The van der Waals surface area contributed by atoms with E-state index in [-0.39, 0.29) is 10.6 Å². The lowest BCUT2D eigenvalue weighted by Gasteiger charge is -1.97. The summed E-state index contributed by atoms with van der Waals surface area (Å²) in [4.78, 5) is 2.42. The van der Waals surface area contributed by atoms with Gasteiger partial charge in [0.1, 0.15) is 4.90 Å². The lowest BCUT2D eigenvalue weighted by atomic mass is 10.1. The zero-order valence-electron chi connectivity index (χ0n) is 7.61. The van der Waals surface area contributed by atoms with Crippen LogP contribution in [-0.4, -0.2) is 13.7 Å². The third-order valence-corrected chi connectivity index (χ3v) is 2.71. The topological polar surface area (TPSA) is 53.1 Å². The number of aromatic amines is 1. The van der Waals surface area contributed by atoms with Gasteiger partial charge in [0.05, 0.1) is 5.69 Å². The number of hydrogen-bond donors (Lipinski definition) is 2. The van der Waals surface area contributed by atoms with Gasteiger partial charge in [0, 0.05) is 11.8 Å². The van der Waals surface area contributed by atoms with Gasteiger partial charge in [0.2, 0.25) is 0 Å². The van der Waals surface area contributed by atoms with Crippen molar-refractivity contribution in [2.24, 2.45) is 0 Å². The van der Waals surface area contributed by atoms with Crippen molar-refractivity contribution in [1.29, 1.82) is 0 Å². The number of aromatic nitrogens is 1. The first-order chi connectivity index (χ1) is 7.20. The Morgan fingerprint density at radius 1 is 1.27 bits per heavy atom. The first-order valence-electron chi connectivity index (χ1n) is 4.23. The number of halogens is 1. The number of nitrogens with one attached hydrogen (secondary N) is 1. The van der Waals surface area contributed by atoms with Gasteiger partial charge in [-0.25, -0.2) is 8.60 Å². The molecular formula is C10H8FNO2S. The number of H-pyrrole nitrogens is 1. The van der Waals surface area contributed by atoms with Crippen LogP contribution in [0.1, 0.15) is 0 Å². The molecule has 1 aromatic carbocycles. The molecule has 3 nitrogen and oxygen atoms in total. The molecule has 1 unspecified atom stereocenters. The Hall–Kier alpha value is -1.46. The summed E-state index contributed by atoms with van der Waals surface area (Å²) >= 11 is -2.30. The summed E-state index contributed by atoms with van der Waals surface area (Å²) in [5.41, 5.74) is 0.875. The first-order valence-corrected chi connectivity index (χ1v) is 5.34. The highest BCUT2D eigenvalue weighted by Gasteiger charge is 2.15. The van der Waals surface area contributed by atoms with Crippen LogP contribution in [0.4, 0.5) is 4.39 Å². The van der Waals surface area contributed by atoms with Crippen molar-refractivity contribution in [3.63, 3.8) is 0 Å². The van der Waals surface area contributed by atoms with E-state index in [9.17, 15) is 8.60 Å². The fourth-order valence-corrected chi connectivity index (χ4v) is 1.74. The molecule has 0 saturated carbocycles. The Kier molecular flexibility index (Phi) is 2.66. The van der Waals surface area contributed by atoms with Crippen molar-refractivity contribution < 1.29 is 13.2 Å². The van der Waals surface area contributed by atoms with E-state index in [0.717, 1.165) is 0 Å². The maximum atomic E-state index is 13.6. The van der Waals surface area contributed by atoms with Crippen LogP contribution in [0.25, 0.3) is 11.3 Å². The molecule has 78 valence electrons. The molecule has 2 aromatic rings. The molecule has 1 aromatic heterocycles. The van der Waals surface area contributed by atoms with Gasteiger partial charge >= 0.3 is 0 Å². The highest BCUT2D eigenvalue weighted by Crippen LogP contribution is 2.24. The van der Waals surface area contributed by atoms with Crippen LogP contribution < -0.4 is 0 Å². The fraction of sp³-hybridized carbons (Fsp3) is 0. The summed E-state index contributed by atoms with van der Waals surface area (Å²) in [6.07, 6.45) is 1.20. The van der Waals surface area contributed by atoms with E-state index in [0.29, 0.717) is 5.56 Å². The third-order valence-electron chi connectivity index (χ3n) is 2.03. The van der Waals surface area contributed by atoms with Crippen molar-refractivity contribution >= 4 is 11.1 Å². The maximum Gasteiger partial charge on any atom is 0.191 e. The third kappa shape index (κ3) is 1.84. The molecule has 0 radical (unpaired) electrons. The largest absolute Gasteiger partial charge is 0.357 e. The minimum absolute atomic E-state index is 0.228.